The van der Waals surface area contributed by atoms with Gasteiger partial charge in [0.15, 0.2) is 0 Å². The van der Waals surface area contributed by atoms with Crippen LogP contribution in [0.15, 0.2) is 0 Å². The van der Waals surface area contributed by atoms with Gasteiger partial charge in [0.05, 0.1) is 25.4 Å². The second-order valence-electron chi connectivity index (χ2n) is 4.60. The Morgan fingerprint density at radius 3 is 2.50 bits per heavy atom. The molecule has 2 unspecified atom stereocenters. The topological polar surface area (TPSA) is 71.0 Å². The van der Waals surface area contributed by atoms with Gasteiger partial charge in [-0.1, -0.05) is 12.8 Å². The summed E-state index contributed by atoms with van der Waals surface area (Å²) in [5, 5.41) is 21.5. The summed E-state index contributed by atoms with van der Waals surface area (Å²) in [6, 6.07) is 0. The molecule has 0 spiro atoms. The molecule has 0 aliphatic heterocycles. The minimum absolute atomic E-state index is 0.0168. The van der Waals surface area contributed by atoms with E-state index in [1.807, 2.05) is 6.92 Å². The van der Waals surface area contributed by atoms with Crippen molar-refractivity contribution in [3.05, 3.63) is 0 Å². The van der Waals surface area contributed by atoms with Crippen LogP contribution in [-0.2, 0) is 9.47 Å². The molecule has 0 radical (unpaired) electrons. The van der Waals surface area contributed by atoms with Crippen LogP contribution in [-0.4, -0.2) is 62.4 Å². The molecule has 0 rings (SSSR count). The highest BCUT2D eigenvalue weighted by Crippen LogP contribution is 1.98. The van der Waals surface area contributed by atoms with Gasteiger partial charge in [0, 0.05) is 20.3 Å². The Morgan fingerprint density at radius 2 is 1.83 bits per heavy atom. The van der Waals surface area contributed by atoms with Gasteiger partial charge in [0.1, 0.15) is 0 Å². The van der Waals surface area contributed by atoms with Gasteiger partial charge < -0.3 is 25.0 Å². The van der Waals surface area contributed by atoms with Crippen LogP contribution in [0.2, 0.25) is 0 Å². The maximum Gasteiger partial charge on any atom is 0.0897 e. The predicted octanol–water partition coefficient (Wildman–Crippen LogP) is 0.541. The van der Waals surface area contributed by atoms with Crippen LogP contribution in [0.3, 0.4) is 0 Å². The summed E-state index contributed by atoms with van der Waals surface area (Å²) in [4.78, 5) is 0. The fraction of sp³-hybridized carbons (Fsp3) is 1.00. The summed E-state index contributed by atoms with van der Waals surface area (Å²) in [5.74, 6) is 0. The highest BCUT2D eigenvalue weighted by Gasteiger charge is 2.07. The molecule has 0 saturated heterocycles. The number of ether oxygens (including phenoxy) is 2. The zero-order valence-corrected chi connectivity index (χ0v) is 11.7. The van der Waals surface area contributed by atoms with E-state index in [1.165, 1.54) is 0 Å². The monoisotopic (exact) mass is 263 g/mol. The summed E-state index contributed by atoms with van der Waals surface area (Å²) < 4.78 is 10.4. The number of aliphatic hydroxyl groups excluding tert-OH is 2. The maximum atomic E-state index is 9.65. The van der Waals surface area contributed by atoms with Crippen LogP contribution in [0.25, 0.3) is 0 Å². The average molecular weight is 263 g/mol. The molecular weight excluding hydrogens is 234 g/mol. The third-order valence-electron chi connectivity index (χ3n) is 2.62. The lowest BCUT2D eigenvalue weighted by atomic mass is 10.2. The lowest BCUT2D eigenvalue weighted by molar-refractivity contribution is -0.0310. The number of rotatable bonds is 13. The standard InChI is InChI=1S/C13H29NO4/c1-12(10-17-2)18-11-13(16)9-14-7-5-3-4-6-8-15/h12-16H,3-11H2,1-2H3. The van der Waals surface area contributed by atoms with Crippen LogP contribution in [0.4, 0.5) is 0 Å². The van der Waals surface area contributed by atoms with Gasteiger partial charge in [-0.3, -0.25) is 0 Å². The van der Waals surface area contributed by atoms with Gasteiger partial charge >= 0.3 is 0 Å². The molecule has 0 aliphatic rings. The van der Waals surface area contributed by atoms with Crippen molar-refractivity contribution < 1.29 is 19.7 Å². The van der Waals surface area contributed by atoms with Gasteiger partial charge in [-0.2, -0.15) is 0 Å². The number of methoxy groups -OCH3 is 1. The van der Waals surface area contributed by atoms with E-state index in [1.54, 1.807) is 7.11 Å². The van der Waals surface area contributed by atoms with Crippen molar-refractivity contribution in [2.75, 3.05) is 40.0 Å². The van der Waals surface area contributed by atoms with Gasteiger partial charge in [0.2, 0.25) is 0 Å². The number of aliphatic hydroxyl groups is 2. The fourth-order valence-corrected chi connectivity index (χ4v) is 1.60. The third-order valence-corrected chi connectivity index (χ3v) is 2.62. The first-order chi connectivity index (χ1) is 8.70. The predicted molar refractivity (Wildman–Crippen MR) is 71.7 cm³/mol. The maximum absolute atomic E-state index is 9.65. The molecule has 0 aromatic rings. The van der Waals surface area contributed by atoms with Crippen molar-refractivity contribution in [3.8, 4) is 0 Å². The molecule has 5 nitrogen and oxygen atoms in total. The number of unbranched alkanes of at least 4 members (excludes halogenated alkanes) is 3. The molecule has 0 amide bonds. The van der Waals surface area contributed by atoms with Crippen molar-refractivity contribution in [3.63, 3.8) is 0 Å². The largest absolute Gasteiger partial charge is 0.396 e. The number of hydrogen-bond acceptors (Lipinski definition) is 5. The Labute approximate surface area is 110 Å². The Balaban J connectivity index is 3.23. The molecule has 0 aromatic carbocycles. The van der Waals surface area contributed by atoms with Gasteiger partial charge in [-0.05, 0) is 26.3 Å². The Hall–Kier alpha value is -0.200. The van der Waals surface area contributed by atoms with E-state index in [-0.39, 0.29) is 12.7 Å². The smallest absolute Gasteiger partial charge is 0.0897 e. The molecule has 0 saturated carbocycles. The van der Waals surface area contributed by atoms with Crippen molar-refractivity contribution >= 4 is 0 Å². The van der Waals surface area contributed by atoms with Gasteiger partial charge in [-0.25, -0.2) is 0 Å². The van der Waals surface area contributed by atoms with E-state index in [2.05, 4.69) is 5.32 Å². The van der Waals surface area contributed by atoms with E-state index < -0.39 is 6.10 Å². The quantitative estimate of drug-likeness (QED) is 0.423. The highest BCUT2D eigenvalue weighted by atomic mass is 16.5. The fourth-order valence-electron chi connectivity index (χ4n) is 1.60. The summed E-state index contributed by atoms with van der Waals surface area (Å²) in [6.07, 6.45) is 3.69. The lowest BCUT2D eigenvalue weighted by Gasteiger charge is -2.16. The first kappa shape index (κ1) is 17.8. The summed E-state index contributed by atoms with van der Waals surface area (Å²) in [7, 11) is 1.63. The van der Waals surface area contributed by atoms with Crippen LogP contribution < -0.4 is 5.32 Å². The van der Waals surface area contributed by atoms with Crippen molar-refractivity contribution in [2.45, 2.75) is 44.8 Å². The van der Waals surface area contributed by atoms with Gasteiger partial charge in [0.25, 0.3) is 0 Å². The molecule has 0 aliphatic carbocycles. The second-order valence-corrected chi connectivity index (χ2v) is 4.60. The summed E-state index contributed by atoms with van der Waals surface area (Å²) >= 11 is 0. The van der Waals surface area contributed by atoms with Crippen LogP contribution in [0, 0.1) is 0 Å². The third kappa shape index (κ3) is 12.3. The minimum Gasteiger partial charge on any atom is -0.396 e. The molecule has 3 N–H and O–H groups in total. The molecule has 0 fully saturated rings. The number of nitrogens with one attached hydrogen (secondary N) is 1. The zero-order valence-electron chi connectivity index (χ0n) is 11.7. The van der Waals surface area contributed by atoms with E-state index in [0.29, 0.717) is 19.8 Å². The number of hydrogen-bond donors (Lipinski definition) is 3. The molecule has 0 aromatic heterocycles. The molecule has 0 heterocycles. The Kier molecular flexibility index (Phi) is 13.1. The normalized spacial score (nSPS) is 14.7. The molecule has 0 bridgehead atoms. The van der Waals surface area contributed by atoms with E-state index in [4.69, 9.17) is 14.6 Å². The lowest BCUT2D eigenvalue weighted by Crippen LogP contribution is -2.32. The summed E-state index contributed by atoms with van der Waals surface area (Å²) in [5.41, 5.74) is 0. The van der Waals surface area contributed by atoms with E-state index in [0.717, 1.165) is 32.2 Å². The van der Waals surface area contributed by atoms with Crippen LogP contribution >= 0.6 is 0 Å². The second kappa shape index (κ2) is 13.2. The minimum atomic E-state index is -0.471. The van der Waals surface area contributed by atoms with Crippen LogP contribution in [0.5, 0.6) is 0 Å². The first-order valence-corrected chi connectivity index (χ1v) is 6.80. The molecule has 2 atom stereocenters. The van der Waals surface area contributed by atoms with Crippen molar-refractivity contribution in [1.82, 2.24) is 5.32 Å². The zero-order chi connectivity index (χ0) is 13.6. The SMILES string of the molecule is COCC(C)OCC(O)CNCCCCCCO. The van der Waals surface area contributed by atoms with E-state index >= 15 is 0 Å². The van der Waals surface area contributed by atoms with Crippen molar-refractivity contribution in [2.24, 2.45) is 0 Å². The van der Waals surface area contributed by atoms with E-state index in [9.17, 15) is 5.11 Å². The molecule has 5 heteroatoms. The Bertz CT molecular complexity index is 169. The Morgan fingerprint density at radius 1 is 1.11 bits per heavy atom. The molecule has 18 heavy (non-hydrogen) atoms. The molecular formula is C13H29NO4. The summed E-state index contributed by atoms with van der Waals surface area (Å²) in [6.45, 7) is 4.54. The molecule has 110 valence electrons. The highest BCUT2D eigenvalue weighted by molar-refractivity contribution is 4.60. The van der Waals surface area contributed by atoms with Crippen LogP contribution in [0.1, 0.15) is 32.6 Å². The first-order valence-electron chi connectivity index (χ1n) is 6.80. The van der Waals surface area contributed by atoms with Crippen molar-refractivity contribution in [1.29, 1.82) is 0 Å². The average Bonchev–Trinajstić information content (AvgIpc) is 2.35. The van der Waals surface area contributed by atoms with Gasteiger partial charge in [-0.15, -0.1) is 0 Å².